The third-order valence-corrected chi connectivity index (χ3v) is 4.72. The van der Waals surface area contributed by atoms with Crippen molar-refractivity contribution in [1.82, 2.24) is 4.90 Å². The topological polar surface area (TPSA) is 15.3 Å². The van der Waals surface area contributed by atoms with Gasteiger partial charge in [0.05, 0.1) is 0 Å². The van der Waals surface area contributed by atoms with Gasteiger partial charge in [-0.25, -0.2) is 0 Å². The highest BCUT2D eigenvalue weighted by Gasteiger charge is 2.22. The lowest BCUT2D eigenvalue weighted by atomic mass is 9.97. The predicted octanol–water partition coefficient (Wildman–Crippen LogP) is 4.49. The fourth-order valence-electron chi connectivity index (χ4n) is 3.11. The molecule has 2 unspecified atom stereocenters. The molecule has 0 radical (unpaired) electrons. The second kappa shape index (κ2) is 7.68. The van der Waals surface area contributed by atoms with Gasteiger partial charge in [0.15, 0.2) is 0 Å². The van der Waals surface area contributed by atoms with Crippen LogP contribution in [0.4, 0.5) is 5.69 Å². The second-order valence-corrected chi connectivity index (χ2v) is 6.10. The summed E-state index contributed by atoms with van der Waals surface area (Å²) >= 11 is 0. The average Bonchev–Trinajstić information content (AvgIpc) is 2.90. The molecule has 1 N–H and O–H groups in total. The molecular formula is C18H30N2. The Bertz CT molecular complexity index is 402. The van der Waals surface area contributed by atoms with E-state index in [1.54, 1.807) is 0 Å². The van der Waals surface area contributed by atoms with Gasteiger partial charge < -0.3 is 10.2 Å². The van der Waals surface area contributed by atoms with Crippen molar-refractivity contribution in [1.29, 1.82) is 0 Å². The first-order chi connectivity index (χ1) is 9.76. The Balaban J connectivity index is 1.89. The minimum absolute atomic E-state index is 0.694. The molecule has 2 atom stereocenters. The number of nitrogens with one attached hydrogen (secondary N) is 1. The zero-order valence-electron chi connectivity index (χ0n) is 13.4. The second-order valence-electron chi connectivity index (χ2n) is 6.10. The van der Waals surface area contributed by atoms with Gasteiger partial charge in [-0.05, 0) is 50.9 Å². The standard InChI is InChI=1S/C18H30N2/c1-4-6-12-20(15(3)5-2)13-11-16-14-19-18-10-8-7-9-17(16)18/h7-10,15-16,19H,4-6,11-14H2,1-3H3. The molecule has 0 bridgehead atoms. The van der Waals surface area contributed by atoms with E-state index in [9.17, 15) is 0 Å². The molecule has 0 amide bonds. The monoisotopic (exact) mass is 274 g/mol. The molecule has 20 heavy (non-hydrogen) atoms. The number of anilines is 1. The largest absolute Gasteiger partial charge is 0.384 e. The molecule has 1 aromatic carbocycles. The van der Waals surface area contributed by atoms with Crippen LogP contribution in [-0.2, 0) is 0 Å². The van der Waals surface area contributed by atoms with E-state index in [4.69, 9.17) is 0 Å². The van der Waals surface area contributed by atoms with Gasteiger partial charge in [0.1, 0.15) is 0 Å². The third kappa shape index (κ3) is 3.76. The molecule has 0 aromatic heterocycles. The lowest BCUT2D eigenvalue weighted by Gasteiger charge is -2.29. The SMILES string of the molecule is CCCCN(CCC1CNc2ccccc21)C(C)CC. The smallest absolute Gasteiger partial charge is 0.0376 e. The Kier molecular flexibility index (Phi) is 5.90. The minimum Gasteiger partial charge on any atom is -0.384 e. The molecule has 0 saturated carbocycles. The summed E-state index contributed by atoms with van der Waals surface area (Å²) in [4.78, 5) is 2.68. The van der Waals surface area contributed by atoms with Crippen molar-refractivity contribution in [3.63, 3.8) is 0 Å². The predicted molar refractivity (Wildman–Crippen MR) is 88.5 cm³/mol. The maximum atomic E-state index is 3.54. The molecule has 0 aliphatic carbocycles. The molecule has 1 aliphatic rings. The molecule has 2 nitrogen and oxygen atoms in total. The van der Waals surface area contributed by atoms with Gasteiger partial charge in [-0.1, -0.05) is 38.5 Å². The Morgan fingerprint density at radius 2 is 2.05 bits per heavy atom. The normalized spacial score (nSPS) is 18.9. The summed E-state index contributed by atoms with van der Waals surface area (Å²) in [5.74, 6) is 0.694. The molecule has 112 valence electrons. The lowest BCUT2D eigenvalue weighted by molar-refractivity contribution is 0.195. The van der Waals surface area contributed by atoms with Crippen molar-refractivity contribution < 1.29 is 0 Å². The number of unbranched alkanes of at least 4 members (excludes halogenated alkanes) is 1. The number of hydrogen-bond donors (Lipinski definition) is 1. The van der Waals surface area contributed by atoms with Crippen LogP contribution >= 0.6 is 0 Å². The summed E-state index contributed by atoms with van der Waals surface area (Å²) in [6.07, 6.45) is 5.14. The number of fused-ring (bicyclic) bond motifs is 1. The Morgan fingerprint density at radius 3 is 2.80 bits per heavy atom. The van der Waals surface area contributed by atoms with Gasteiger partial charge >= 0.3 is 0 Å². The van der Waals surface area contributed by atoms with E-state index in [0.717, 1.165) is 6.54 Å². The molecular weight excluding hydrogens is 244 g/mol. The number of rotatable bonds is 8. The Morgan fingerprint density at radius 1 is 1.25 bits per heavy atom. The molecule has 1 heterocycles. The summed E-state index contributed by atoms with van der Waals surface area (Å²) in [5, 5.41) is 3.54. The fraction of sp³-hybridized carbons (Fsp3) is 0.667. The first-order valence-electron chi connectivity index (χ1n) is 8.33. The quantitative estimate of drug-likeness (QED) is 0.751. The average molecular weight is 274 g/mol. The first-order valence-corrected chi connectivity index (χ1v) is 8.33. The summed E-state index contributed by atoms with van der Waals surface area (Å²) in [7, 11) is 0. The van der Waals surface area contributed by atoms with E-state index in [-0.39, 0.29) is 0 Å². The fourth-order valence-corrected chi connectivity index (χ4v) is 3.11. The molecule has 1 aliphatic heterocycles. The Hall–Kier alpha value is -1.02. The maximum absolute atomic E-state index is 3.54. The van der Waals surface area contributed by atoms with Crippen molar-refractivity contribution in [2.75, 3.05) is 25.0 Å². The van der Waals surface area contributed by atoms with Gasteiger partial charge in [-0.15, -0.1) is 0 Å². The zero-order valence-corrected chi connectivity index (χ0v) is 13.4. The number of benzene rings is 1. The summed E-state index contributed by atoms with van der Waals surface area (Å²) < 4.78 is 0. The molecule has 0 saturated heterocycles. The number of hydrogen-bond acceptors (Lipinski definition) is 2. The van der Waals surface area contributed by atoms with E-state index >= 15 is 0 Å². The number of para-hydroxylation sites is 1. The van der Waals surface area contributed by atoms with Crippen LogP contribution in [0.2, 0.25) is 0 Å². The van der Waals surface area contributed by atoms with Crippen LogP contribution in [0.3, 0.4) is 0 Å². The highest BCUT2D eigenvalue weighted by atomic mass is 15.1. The van der Waals surface area contributed by atoms with E-state index in [1.165, 1.54) is 50.0 Å². The van der Waals surface area contributed by atoms with E-state index in [0.29, 0.717) is 12.0 Å². The van der Waals surface area contributed by atoms with Crippen molar-refractivity contribution >= 4 is 5.69 Å². The summed E-state index contributed by atoms with van der Waals surface area (Å²) in [5.41, 5.74) is 2.87. The summed E-state index contributed by atoms with van der Waals surface area (Å²) in [6.45, 7) is 10.6. The highest BCUT2D eigenvalue weighted by molar-refractivity contribution is 5.57. The summed E-state index contributed by atoms with van der Waals surface area (Å²) in [6, 6.07) is 9.51. The van der Waals surface area contributed by atoms with Crippen molar-refractivity contribution in [2.45, 2.75) is 58.4 Å². The van der Waals surface area contributed by atoms with Crippen LogP contribution in [0.15, 0.2) is 24.3 Å². The minimum atomic E-state index is 0.694. The van der Waals surface area contributed by atoms with Crippen molar-refractivity contribution in [3.05, 3.63) is 29.8 Å². The van der Waals surface area contributed by atoms with Crippen LogP contribution < -0.4 is 5.32 Å². The molecule has 0 spiro atoms. The molecule has 2 heteroatoms. The van der Waals surface area contributed by atoms with Crippen molar-refractivity contribution in [3.8, 4) is 0 Å². The van der Waals surface area contributed by atoms with Gasteiger partial charge in [0, 0.05) is 24.2 Å². The first kappa shape index (κ1) is 15.4. The van der Waals surface area contributed by atoms with Crippen LogP contribution in [0, 0.1) is 0 Å². The van der Waals surface area contributed by atoms with E-state index < -0.39 is 0 Å². The zero-order chi connectivity index (χ0) is 14.4. The lowest BCUT2D eigenvalue weighted by Crippen LogP contribution is -2.35. The molecule has 1 aromatic rings. The third-order valence-electron chi connectivity index (χ3n) is 4.72. The van der Waals surface area contributed by atoms with Crippen LogP contribution in [0.5, 0.6) is 0 Å². The Labute approximate surface area is 124 Å². The van der Waals surface area contributed by atoms with Crippen molar-refractivity contribution in [2.24, 2.45) is 0 Å². The highest BCUT2D eigenvalue weighted by Crippen LogP contribution is 2.33. The van der Waals surface area contributed by atoms with Crippen LogP contribution in [-0.4, -0.2) is 30.6 Å². The van der Waals surface area contributed by atoms with E-state index in [2.05, 4.69) is 55.3 Å². The van der Waals surface area contributed by atoms with E-state index in [1.807, 2.05) is 0 Å². The molecule has 2 rings (SSSR count). The van der Waals surface area contributed by atoms with Gasteiger partial charge in [0.25, 0.3) is 0 Å². The molecule has 0 fully saturated rings. The maximum Gasteiger partial charge on any atom is 0.0376 e. The van der Waals surface area contributed by atoms with Gasteiger partial charge in [-0.3, -0.25) is 0 Å². The van der Waals surface area contributed by atoms with Crippen LogP contribution in [0.1, 0.15) is 57.9 Å². The number of nitrogens with zero attached hydrogens (tertiary/aromatic N) is 1. The van der Waals surface area contributed by atoms with Gasteiger partial charge in [0.2, 0.25) is 0 Å². The van der Waals surface area contributed by atoms with Crippen LogP contribution in [0.25, 0.3) is 0 Å². The van der Waals surface area contributed by atoms with Gasteiger partial charge in [-0.2, -0.15) is 0 Å².